The predicted octanol–water partition coefficient (Wildman–Crippen LogP) is 4.50. The summed E-state index contributed by atoms with van der Waals surface area (Å²) >= 11 is 3.61. The lowest BCUT2D eigenvalue weighted by Gasteiger charge is -2.33. The summed E-state index contributed by atoms with van der Waals surface area (Å²) in [6, 6.07) is 4.61. The standard InChI is InChI=1S/C14H23BrN2/c1-5-12(6-2)17(10-11(3)4)14-13(15)8-7-9-16-14/h7-9,11-12H,5-6,10H2,1-4H3. The van der Waals surface area contributed by atoms with E-state index in [0.717, 1.165) is 29.7 Å². The Morgan fingerprint density at radius 1 is 1.29 bits per heavy atom. The van der Waals surface area contributed by atoms with Gasteiger partial charge in [0.25, 0.3) is 0 Å². The molecule has 0 aromatic carbocycles. The van der Waals surface area contributed by atoms with Gasteiger partial charge in [0.15, 0.2) is 0 Å². The quantitative estimate of drug-likeness (QED) is 0.769. The van der Waals surface area contributed by atoms with Gasteiger partial charge in [-0.15, -0.1) is 0 Å². The van der Waals surface area contributed by atoms with Crippen LogP contribution in [0.2, 0.25) is 0 Å². The third-order valence-corrected chi connectivity index (χ3v) is 3.58. The van der Waals surface area contributed by atoms with E-state index >= 15 is 0 Å². The molecule has 3 heteroatoms. The van der Waals surface area contributed by atoms with Crippen molar-refractivity contribution in [2.24, 2.45) is 5.92 Å². The molecule has 0 amide bonds. The normalized spacial score (nSPS) is 11.2. The zero-order chi connectivity index (χ0) is 12.8. The second-order valence-electron chi connectivity index (χ2n) is 4.83. The van der Waals surface area contributed by atoms with E-state index in [0.29, 0.717) is 12.0 Å². The van der Waals surface area contributed by atoms with Crippen LogP contribution in [0.1, 0.15) is 40.5 Å². The van der Waals surface area contributed by atoms with Crippen molar-refractivity contribution in [2.45, 2.75) is 46.6 Å². The number of hydrogen-bond acceptors (Lipinski definition) is 2. The maximum absolute atomic E-state index is 4.53. The van der Waals surface area contributed by atoms with Crippen molar-refractivity contribution in [3.05, 3.63) is 22.8 Å². The SMILES string of the molecule is CCC(CC)N(CC(C)C)c1ncccc1Br. The van der Waals surface area contributed by atoms with Gasteiger partial charge in [0.1, 0.15) is 5.82 Å². The minimum Gasteiger partial charge on any atom is -0.352 e. The smallest absolute Gasteiger partial charge is 0.143 e. The molecule has 0 aliphatic rings. The van der Waals surface area contributed by atoms with Crippen molar-refractivity contribution < 1.29 is 0 Å². The highest BCUT2D eigenvalue weighted by Crippen LogP contribution is 2.27. The van der Waals surface area contributed by atoms with Crippen LogP contribution in [0, 0.1) is 5.92 Å². The van der Waals surface area contributed by atoms with Gasteiger partial charge in [0.05, 0.1) is 4.47 Å². The maximum atomic E-state index is 4.53. The van der Waals surface area contributed by atoms with Crippen molar-refractivity contribution in [1.29, 1.82) is 0 Å². The summed E-state index contributed by atoms with van der Waals surface area (Å²) in [5.41, 5.74) is 0. The Labute approximate surface area is 114 Å². The molecule has 0 unspecified atom stereocenters. The van der Waals surface area contributed by atoms with Crippen molar-refractivity contribution in [3.8, 4) is 0 Å². The minimum atomic E-state index is 0.573. The van der Waals surface area contributed by atoms with Gasteiger partial charge in [0, 0.05) is 18.8 Å². The van der Waals surface area contributed by atoms with Crippen LogP contribution in [0.25, 0.3) is 0 Å². The highest BCUT2D eigenvalue weighted by molar-refractivity contribution is 9.10. The number of anilines is 1. The Morgan fingerprint density at radius 2 is 1.94 bits per heavy atom. The molecule has 0 aliphatic heterocycles. The molecule has 1 aromatic heterocycles. The summed E-state index contributed by atoms with van der Waals surface area (Å²) in [5.74, 6) is 1.72. The molecule has 0 N–H and O–H groups in total. The van der Waals surface area contributed by atoms with Crippen LogP contribution in [-0.4, -0.2) is 17.6 Å². The lowest BCUT2D eigenvalue weighted by Crippen LogP contribution is -2.38. The highest BCUT2D eigenvalue weighted by atomic mass is 79.9. The summed E-state index contributed by atoms with van der Waals surface area (Å²) in [4.78, 5) is 6.97. The van der Waals surface area contributed by atoms with Crippen LogP contribution >= 0.6 is 15.9 Å². The molecule has 0 atom stereocenters. The van der Waals surface area contributed by atoms with Gasteiger partial charge in [-0.3, -0.25) is 0 Å². The van der Waals surface area contributed by atoms with E-state index in [2.05, 4.69) is 59.6 Å². The lowest BCUT2D eigenvalue weighted by atomic mass is 10.1. The third kappa shape index (κ3) is 3.98. The molecule has 1 aromatic rings. The van der Waals surface area contributed by atoms with Crippen molar-refractivity contribution in [3.63, 3.8) is 0 Å². The predicted molar refractivity (Wildman–Crippen MR) is 78.5 cm³/mol. The zero-order valence-corrected chi connectivity index (χ0v) is 12.9. The molecule has 96 valence electrons. The van der Waals surface area contributed by atoms with E-state index in [4.69, 9.17) is 0 Å². The average molecular weight is 299 g/mol. The molecular weight excluding hydrogens is 276 g/mol. The maximum Gasteiger partial charge on any atom is 0.143 e. The van der Waals surface area contributed by atoms with Crippen LogP contribution in [-0.2, 0) is 0 Å². The second-order valence-corrected chi connectivity index (χ2v) is 5.68. The van der Waals surface area contributed by atoms with Crippen LogP contribution < -0.4 is 4.90 Å². The van der Waals surface area contributed by atoms with Gasteiger partial charge in [-0.25, -0.2) is 4.98 Å². The second kappa shape index (κ2) is 7.00. The Balaban J connectivity index is 3.01. The summed E-state index contributed by atoms with van der Waals surface area (Å²) in [7, 11) is 0. The summed E-state index contributed by atoms with van der Waals surface area (Å²) < 4.78 is 1.09. The Morgan fingerprint density at radius 3 is 2.41 bits per heavy atom. The van der Waals surface area contributed by atoms with Gasteiger partial charge in [-0.1, -0.05) is 27.7 Å². The molecule has 0 saturated heterocycles. The van der Waals surface area contributed by atoms with Gasteiger partial charge in [-0.05, 0) is 46.8 Å². The number of pyridine rings is 1. The van der Waals surface area contributed by atoms with Crippen LogP contribution in [0.5, 0.6) is 0 Å². The van der Waals surface area contributed by atoms with E-state index in [9.17, 15) is 0 Å². The minimum absolute atomic E-state index is 0.573. The van der Waals surface area contributed by atoms with Gasteiger partial charge in [-0.2, -0.15) is 0 Å². The molecule has 0 aliphatic carbocycles. The molecular formula is C14H23BrN2. The van der Waals surface area contributed by atoms with Crippen molar-refractivity contribution in [1.82, 2.24) is 4.98 Å². The van der Waals surface area contributed by atoms with E-state index in [1.807, 2.05) is 12.3 Å². The number of rotatable bonds is 6. The number of halogens is 1. The van der Waals surface area contributed by atoms with E-state index in [-0.39, 0.29) is 0 Å². The fourth-order valence-electron chi connectivity index (χ4n) is 2.12. The number of hydrogen-bond donors (Lipinski definition) is 0. The summed E-state index contributed by atoms with van der Waals surface area (Å²) in [6.07, 6.45) is 4.19. The first-order chi connectivity index (χ1) is 8.10. The van der Waals surface area contributed by atoms with Gasteiger partial charge < -0.3 is 4.90 Å². The monoisotopic (exact) mass is 298 g/mol. The molecule has 1 heterocycles. The third-order valence-electron chi connectivity index (χ3n) is 2.96. The first kappa shape index (κ1) is 14.5. The topological polar surface area (TPSA) is 16.1 Å². The fraction of sp³-hybridized carbons (Fsp3) is 0.643. The van der Waals surface area contributed by atoms with Crippen LogP contribution in [0.4, 0.5) is 5.82 Å². The molecule has 17 heavy (non-hydrogen) atoms. The van der Waals surface area contributed by atoms with Gasteiger partial charge >= 0.3 is 0 Å². The lowest BCUT2D eigenvalue weighted by molar-refractivity contribution is 0.502. The Kier molecular flexibility index (Phi) is 5.96. The van der Waals surface area contributed by atoms with Crippen LogP contribution in [0.3, 0.4) is 0 Å². The van der Waals surface area contributed by atoms with Crippen LogP contribution in [0.15, 0.2) is 22.8 Å². The first-order valence-electron chi connectivity index (χ1n) is 6.47. The molecule has 0 bridgehead atoms. The largest absolute Gasteiger partial charge is 0.352 e. The molecule has 0 fully saturated rings. The average Bonchev–Trinajstić information content (AvgIpc) is 2.29. The van der Waals surface area contributed by atoms with Crippen molar-refractivity contribution >= 4 is 21.7 Å². The number of nitrogens with zero attached hydrogens (tertiary/aromatic N) is 2. The van der Waals surface area contributed by atoms with E-state index in [1.54, 1.807) is 0 Å². The van der Waals surface area contributed by atoms with E-state index in [1.165, 1.54) is 0 Å². The van der Waals surface area contributed by atoms with Gasteiger partial charge in [0.2, 0.25) is 0 Å². The van der Waals surface area contributed by atoms with E-state index < -0.39 is 0 Å². The summed E-state index contributed by atoms with van der Waals surface area (Å²) in [6.45, 7) is 10.1. The fourth-order valence-corrected chi connectivity index (χ4v) is 2.60. The molecule has 0 saturated carbocycles. The number of aromatic nitrogens is 1. The van der Waals surface area contributed by atoms with Crippen molar-refractivity contribution in [2.75, 3.05) is 11.4 Å². The molecule has 1 rings (SSSR count). The zero-order valence-electron chi connectivity index (χ0n) is 11.3. The first-order valence-corrected chi connectivity index (χ1v) is 7.26. The summed E-state index contributed by atoms with van der Waals surface area (Å²) in [5, 5.41) is 0. The molecule has 2 nitrogen and oxygen atoms in total. The Hall–Kier alpha value is -0.570. The molecule has 0 radical (unpaired) electrons. The molecule has 0 spiro atoms. The highest BCUT2D eigenvalue weighted by Gasteiger charge is 2.19. The Bertz CT molecular complexity index is 335.